The number of fused-ring (bicyclic) bond motifs is 1. The van der Waals surface area contributed by atoms with Gasteiger partial charge in [0.05, 0.1) is 24.0 Å². The molecule has 0 aliphatic carbocycles. The third kappa shape index (κ3) is 6.65. The van der Waals surface area contributed by atoms with Crippen molar-refractivity contribution in [1.29, 1.82) is 0 Å². The summed E-state index contributed by atoms with van der Waals surface area (Å²) in [6.45, 7) is 1.65. The van der Waals surface area contributed by atoms with Crippen molar-refractivity contribution in [1.82, 2.24) is 4.90 Å². The van der Waals surface area contributed by atoms with E-state index in [4.69, 9.17) is 4.74 Å². The molecule has 3 amide bonds. The normalized spacial score (nSPS) is 11.3. The average Bonchev–Trinajstić information content (AvgIpc) is 3.01. The maximum absolute atomic E-state index is 13.4. The number of methoxy groups -OCH3 is 1. The molecule has 0 saturated carbocycles. The molecular weight excluding hydrogens is 622 g/mol. The number of hydrogen-bond acceptors (Lipinski definition) is 6. The van der Waals surface area contributed by atoms with Crippen molar-refractivity contribution in [2.75, 3.05) is 17.3 Å². The summed E-state index contributed by atoms with van der Waals surface area (Å²) in [7, 11) is 1.22. The molecule has 0 radical (unpaired) electrons. The lowest BCUT2D eigenvalue weighted by Gasteiger charge is -2.28. The summed E-state index contributed by atoms with van der Waals surface area (Å²) in [6.07, 6.45) is -0.703. The molecule has 1 atom stereocenters. The van der Waals surface area contributed by atoms with Crippen LogP contribution in [0.1, 0.15) is 22.8 Å². The predicted molar refractivity (Wildman–Crippen MR) is 162 cm³/mol. The van der Waals surface area contributed by atoms with Crippen LogP contribution >= 0.6 is 15.9 Å². The molecule has 4 aromatic carbocycles. The second kappa shape index (κ2) is 13.2. The van der Waals surface area contributed by atoms with E-state index in [2.05, 4.69) is 21.2 Å². The molecule has 0 spiro atoms. The SMILES string of the molecule is COC(=O)N(Cc1ccc(Br)cc1)[C@@H](C)C(=O)Nc1ccc(N(C(=O)C(=O)O)c2ccccc2C(=O)O)c2ccccc12. The Balaban J connectivity index is 1.74. The third-order valence-electron chi connectivity index (χ3n) is 6.68. The number of rotatable bonds is 8. The van der Waals surface area contributed by atoms with E-state index in [1.807, 2.05) is 24.3 Å². The van der Waals surface area contributed by atoms with Gasteiger partial charge in [0.1, 0.15) is 6.04 Å². The summed E-state index contributed by atoms with van der Waals surface area (Å²) in [5.74, 6) is -5.04. The van der Waals surface area contributed by atoms with E-state index in [1.165, 1.54) is 48.4 Å². The number of nitrogens with zero attached hydrogens (tertiary/aromatic N) is 2. The highest BCUT2D eigenvalue weighted by atomic mass is 79.9. The van der Waals surface area contributed by atoms with Gasteiger partial charge >= 0.3 is 23.9 Å². The molecule has 0 heterocycles. The molecule has 0 saturated heterocycles. The standard InChI is InChI=1S/C31H26BrN3O8/c1-18(34(31(42)43-2)17-19-11-13-20(32)14-12-19)27(36)33-24-15-16-26(22-8-4-3-7-21(22)24)35(28(37)30(40)41)25-10-6-5-9-23(25)29(38)39/h3-16,18H,17H2,1-2H3,(H,33,36)(H,38,39)(H,40,41)/t18-/m0/s1. The van der Waals surface area contributed by atoms with Crippen molar-refractivity contribution in [3.8, 4) is 0 Å². The van der Waals surface area contributed by atoms with Gasteiger partial charge in [0, 0.05) is 27.5 Å². The lowest BCUT2D eigenvalue weighted by Crippen LogP contribution is -2.45. The van der Waals surface area contributed by atoms with Crippen LogP contribution in [0.3, 0.4) is 0 Å². The Morgan fingerprint density at radius 3 is 2.09 bits per heavy atom. The van der Waals surface area contributed by atoms with Crippen LogP contribution in [0.5, 0.6) is 0 Å². The van der Waals surface area contributed by atoms with Gasteiger partial charge in [-0.25, -0.2) is 14.4 Å². The molecule has 4 aromatic rings. The van der Waals surface area contributed by atoms with Crippen LogP contribution in [0.25, 0.3) is 10.8 Å². The van der Waals surface area contributed by atoms with E-state index < -0.39 is 35.9 Å². The summed E-state index contributed by atoms with van der Waals surface area (Å²) in [6, 6.07) is 21.3. The van der Waals surface area contributed by atoms with Gasteiger partial charge in [-0.3, -0.25) is 19.4 Å². The molecule has 0 unspecified atom stereocenters. The average molecular weight is 648 g/mol. The highest BCUT2D eigenvalue weighted by Gasteiger charge is 2.31. The van der Waals surface area contributed by atoms with Crippen molar-refractivity contribution < 1.29 is 38.9 Å². The first-order valence-electron chi connectivity index (χ1n) is 12.8. The Hall–Kier alpha value is -5.23. The number of nitrogens with one attached hydrogen (secondary N) is 1. The largest absolute Gasteiger partial charge is 0.478 e. The fourth-order valence-corrected chi connectivity index (χ4v) is 4.79. The zero-order valence-electron chi connectivity index (χ0n) is 23.0. The van der Waals surface area contributed by atoms with Crippen LogP contribution in [0.4, 0.5) is 21.9 Å². The molecule has 0 bridgehead atoms. The first-order valence-corrected chi connectivity index (χ1v) is 13.6. The fourth-order valence-electron chi connectivity index (χ4n) is 4.52. The fraction of sp³-hybridized carbons (Fsp3) is 0.129. The highest BCUT2D eigenvalue weighted by Crippen LogP contribution is 2.37. The van der Waals surface area contributed by atoms with E-state index in [1.54, 1.807) is 31.2 Å². The van der Waals surface area contributed by atoms with Crippen molar-refractivity contribution in [3.63, 3.8) is 0 Å². The number of hydrogen-bond donors (Lipinski definition) is 3. The van der Waals surface area contributed by atoms with Gasteiger partial charge < -0.3 is 20.3 Å². The van der Waals surface area contributed by atoms with E-state index in [0.717, 1.165) is 14.9 Å². The highest BCUT2D eigenvalue weighted by molar-refractivity contribution is 9.10. The number of carbonyl (C=O) groups is 5. The molecule has 12 heteroatoms. The minimum Gasteiger partial charge on any atom is -0.478 e. The van der Waals surface area contributed by atoms with Crippen molar-refractivity contribution in [3.05, 3.63) is 101 Å². The molecule has 43 heavy (non-hydrogen) atoms. The van der Waals surface area contributed by atoms with E-state index >= 15 is 0 Å². The summed E-state index contributed by atoms with van der Waals surface area (Å²) < 4.78 is 5.78. The lowest BCUT2D eigenvalue weighted by molar-refractivity contribution is -0.148. The van der Waals surface area contributed by atoms with Gasteiger partial charge in [0.2, 0.25) is 5.91 Å². The van der Waals surface area contributed by atoms with Gasteiger partial charge in [-0.2, -0.15) is 0 Å². The molecule has 0 aliphatic heterocycles. The Morgan fingerprint density at radius 2 is 1.47 bits per heavy atom. The number of aliphatic carboxylic acids is 1. The number of para-hydroxylation sites is 1. The minimum atomic E-state index is -1.79. The van der Waals surface area contributed by atoms with Crippen LogP contribution in [0.15, 0.2) is 89.4 Å². The quantitative estimate of drug-likeness (QED) is 0.208. The van der Waals surface area contributed by atoms with E-state index in [-0.39, 0.29) is 23.5 Å². The molecule has 0 fully saturated rings. The Bertz CT molecular complexity index is 1720. The molecular formula is C31H26BrN3O8. The van der Waals surface area contributed by atoms with Crippen molar-refractivity contribution in [2.45, 2.75) is 19.5 Å². The van der Waals surface area contributed by atoms with Crippen LogP contribution in [0.2, 0.25) is 0 Å². The van der Waals surface area contributed by atoms with Crippen LogP contribution in [-0.4, -0.2) is 58.1 Å². The molecule has 4 rings (SSSR count). The van der Waals surface area contributed by atoms with Gasteiger partial charge in [0.25, 0.3) is 0 Å². The number of carboxylic acids is 2. The first kappa shape index (κ1) is 30.7. The number of carboxylic acid groups (broad SMARTS) is 2. The van der Waals surface area contributed by atoms with Crippen LogP contribution in [-0.2, 0) is 25.7 Å². The number of halogens is 1. The number of ether oxygens (including phenoxy) is 1. The van der Waals surface area contributed by atoms with E-state index in [0.29, 0.717) is 16.5 Å². The van der Waals surface area contributed by atoms with Crippen LogP contribution in [0, 0.1) is 0 Å². The summed E-state index contributed by atoms with van der Waals surface area (Å²) in [5.41, 5.74) is 0.765. The number of aromatic carboxylic acids is 1. The van der Waals surface area contributed by atoms with Gasteiger partial charge in [-0.05, 0) is 48.9 Å². The molecule has 0 aromatic heterocycles. The zero-order valence-corrected chi connectivity index (χ0v) is 24.6. The molecule has 0 aliphatic rings. The van der Waals surface area contributed by atoms with Crippen molar-refractivity contribution >= 4 is 73.6 Å². The number of amides is 3. The molecule has 3 N–H and O–H groups in total. The summed E-state index contributed by atoms with van der Waals surface area (Å²) in [4.78, 5) is 64.9. The van der Waals surface area contributed by atoms with Gasteiger partial charge in [0.15, 0.2) is 0 Å². The predicted octanol–water partition coefficient (Wildman–Crippen LogP) is 5.65. The summed E-state index contributed by atoms with van der Waals surface area (Å²) in [5, 5.41) is 23.0. The monoisotopic (exact) mass is 647 g/mol. The van der Waals surface area contributed by atoms with E-state index in [9.17, 15) is 34.2 Å². The van der Waals surface area contributed by atoms with Gasteiger partial charge in [-0.15, -0.1) is 0 Å². The number of benzene rings is 4. The number of anilines is 3. The maximum Gasteiger partial charge on any atom is 0.410 e. The third-order valence-corrected chi connectivity index (χ3v) is 7.21. The van der Waals surface area contributed by atoms with Gasteiger partial charge in [-0.1, -0.05) is 64.5 Å². The smallest absolute Gasteiger partial charge is 0.410 e. The maximum atomic E-state index is 13.4. The van der Waals surface area contributed by atoms with Crippen molar-refractivity contribution in [2.24, 2.45) is 0 Å². The lowest BCUT2D eigenvalue weighted by atomic mass is 10.0. The zero-order chi connectivity index (χ0) is 31.3. The summed E-state index contributed by atoms with van der Waals surface area (Å²) >= 11 is 3.37. The first-order chi connectivity index (χ1) is 20.5. The number of carbonyl (C=O) groups excluding carboxylic acids is 3. The second-order valence-corrected chi connectivity index (χ2v) is 10.3. The van der Waals surface area contributed by atoms with Crippen LogP contribution < -0.4 is 10.2 Å². The Kier molecular flexibility index (Phi) is 9.41. The molecule has 220 valence electrons. The minimum absolute atomic E-state index is 0.0918. The Morgan fingerprint density at radius 1 is 0.837 bits per heavy atom. The Labute approximate surface area is 254 Å². The topological polar surface area (TPSA) is 154 Å². The molecule has 11 nitrogen and oxygen atoms in total. The second-order valence-electron chi connectivity index (χ2n) is 9.34.